The Bertz CT molecular complexity index is 1200. The van der Waals surface area contributed by atoms with E-state index in [4.69, 9.17) is 4.74 Å². The Balaban J connectivity index is 1.46. The molecule has 4 rings (SSSR count). The molecule has 1 N–H and O–H groups in total. The van der Waals surface area contributed by atoms with Gasteiger partial charge in [-0.15, -0.1) is 0 Å². The smallest absolute Gasteiger partial charge is 0.259 e. The van der Waals surface area contributed by atoms with Gasteiger partial charge in [0.15, 0.2) is 0 Å². The van der Waals surface area contributed by atoms with E-state index in [1.807, 2.05) is 36.4 Å². The van der Waals surface area contributed by atoms with Gasteiger partial charge in [-0.25, -0.2) is 9.91 Å². The maximum Gasteiger partial charge on any atom is 0.259 e. The highest BCUT2D eigenvalue weighted by molar-refractivity contribution is 6.23. The first kappa shape index (κ1) is 22.7. The predicted octanol–water partition coefficient (Wildman–Crippen LogP) is 3.23. The molecule has 3 aromatic carbocycles. The van der Waals surface area contributed by atoms with E-state index < -0.39 is 29.7 Å². The van der Waals surface area contributed by atoms with E-state index in [9.17, 15) is 19.2 Å². The summed E-state index contributed by atoms with van der Waals surface area (Å²) in [5.41, 5.74) is 3.61. The number of nitrogens with zero attached hydrogens (tertiary/aromatic N) is 2. The fraction of sp³-hybridized carbons (Fsp3) is 0.154. The Morgan fingerprint density at radius 2 is 1.50 bits per heavy atom. The number of benzene rings is 3. The van der Waals surface area contributed by atoms with Crippen LogP contribution in [0.3, 0.4) is 0 Å². The van der Waals surface area contributed by atoms with Crippen molar-refractivity contribution in [2.75, 3.05) is 4.90 Å². The minimum absolute atomic E-state index is 0.0338. The van der Waals surface area contributed by atoms with Gasteiger partial charge in [0.05, 0.1) is 18.5 Å². The predicted molar refractivity (Wildman–Crippen MR) is 125 cm³/mol. The lowest BCUT2D eigenvalue weighted by Crippen LogP contribution is -2.54. The number of para-hydroxylation sites is 1. The number of hydrogen-bond acceptors (Lipinski definition) is 5. The van der Waals surface area contributed by atoms with Gasteiger partial charge in [-0.2, -0.15) is 0 Å². The van der Waals surface area contributed by atoms with Crippen LogP contribution in [-0.2, 0) is 25.6 Å². The van der Waals surface area contributed by atoms with E-state index in [1.165, 1.54) is 6.92 Å². The van der Waals surface area contributed by atoms with Gasteiger partial charge in [-0.3, -0.25) is 24.6 Å². The van der Waals surface area contributed by atoms with Gasteiger partial charge in [-0.05, 0) is 42.0 Å². The zero-order valence-corrected chi connectivity index (χ0v) is 18.5. The van der Waals surface area contributed by atoms with Gasteiger partial charge in [-0.1, -0.05) is 48.5 Å². The number of carbonyl (C=O) groups is 4. The number of amides is 4. The summed E-state index contributed by atoms with van der Waals surface area (Å²) in [5, 5.41) is 0.943. The summed E-state index contributed by atoms with van der Waals surface area (Å²) in [5.74, 6) is -0.841. The number of hydrogen-bond donors (Lipinski definition) is 1. The summed E-state index contributed by atoms with van der Waals surface area (Å²) in [6, 6.07) is 23.6. The zero-order valence-electron chi connectivity index (χ0n) is 18.5. The molecule has 34 heavy (non-hydrogen) atoms. The molecule has 1 saturated heterocycles. The molecule has 1 unspecified atom stereocenters. The molecule has 172 valence electrons. The number of anilines is 1. The third-order valence-corrected chi connectivity index (χ3v) is 5.30. The fourth-order valence-corrected chi connectivity index (χ4v) is 3.71. The largest absolute Gasteiger partial charge is 0.457 e. The van der Waals surface area contributed by atoms with Crippen LogP contribution in [0.2, 0.25) is 0 Å². The third kappa shape index (κ3) is 5.12. The van der Waals surface area contributed by atoms with E-state index in [0.717, 1.165) is 15.5 Å². The van der Waals surface area contributed by atoms with Crippen LogP contribution in [0, 0.1) is 0 Å². The average molecular weight is 457 g/mol. The maximum atomic E-state index is 13.1. The third-order valence-electron chi connectivity index (χ3n) is 5.30. The molecule has 1 heterocycles. The zero-order chi connectivity index (χ0) is 24.1. The minimum atomic E-state index is -1.12. The molecule has 3 aromatic rings. The average Bonchev–Trinajstić information content (AvgIpc) is 3.12. The van der Waals surface area contributed by atoms with Crippen molar-refractivity contribution < 1.29 is 23.9 Å². The summed E-state index contributed by atoms with van der Waals surface area (Å²) >= 11 is 0. The van der Waals surface area contributed by atoms with E-state index in [-0.39, 0.29) is 12.8 Å². The molecule has 0 saturated carbocycles. The Kier molecular flexibility index (Phi) is 6.68. The second-order valence-electron chi connectivity index (χ2n) is 7.78. The number of rotatable bonds is 6. The van der Waals surface area contributed by atoms with Gasteiger partial charge in [0, 0.05) is 6.92 Å². The molecular formula is C26H23N3O5. The van der Waals surface area contributed by atoms with Crippen molar-refractivity contribution in [3.05, 3.63) is 90.5 Å². The second-order valence-corrected chi connectivity index (χ2v) is 7.78. The van der Waals surface area contributed by atoms with E-state index in [2.05, 4.69) is 5.43 Å². The van der Waals surface area contributed by atoms with Crippen LogP contribution in [0.5, 0.6) is 11.5 Å². The van der Waals surface area contributed by atoms with Crippen molar-refractivity contribution in [1.82, 2.24) is 10.4 Å². The summed E-state index contributed by atoms with van der Waals surface area (Å²) < 4.78 is 5.74. The van der Waals surface area contributed by atoms with Crippen LogP contribution >= 0.6 is 0 Å². The SMILES string of the molecule is CC(=O)N(NC(=O)Cc1ccccc1)C1CC(=O)N(c2ccc(Oc3ccccc3)cc2)C1=O. The molecule has 8 heteroatoms. The van der Waals surface area contributed by atoms with Crippen molar-refractivity contribution in [2.45, 2.75) is 25.8 Å². The molecule has 0 aromatic heterocycles. The Labute approximate surface area is 196 Å². The van der Waals surface area contributed by atoms with Crippen LogP contribution in [0.4, 0.5) is 5.69 Å². The highest BCUT2D eigenvalue weighted by Crippen LogP contribution is 2.28. The first-order valence-electron chi connectivity index (χ1n) is 10.8. The Morgan fingerprint density at radius 3 is 2.12 bits per heavy atom. The van der Waals surface area contributed by atoms with Crippen molar-refractivity contribution in [3.63, 3.8) is 0 Å². The standard InChI is InChI=1S/C26H23N3O5/c1-18(30)29(27-24(31)16-19-8-4-2-5-9-19)23-17-25(32)28(26(23)33)20-12-14-22(15-13-20)34-21-10-6-3-7-11-21/h2-15,23H,16-17H2,1H3,(H,27,31). The van der Waals surface area contributed by atoms with Crippen molar-refractivity contribution in [2.24, 2.45) is 0 Å². The second kappa shape index (κ2) is 9.99. The number of carbonyl (C=O) groups excluding carboxylic acids is 4. The quantitative estimate of drug-likeness (QED) is 0.453. The van der Waals surface area contributed by atoms with Crippen LogP contribution in [0.15, 0.2) is 84.9 Å². The molecule has 8 nitrogen and oxygen atoms in total. The summed E-state index contributed by atoms with van der Waals surface area (Å²) in [4.78, 5) is 51.6. The molecule has 1 aliphatic rings. The van der Waals surface area contributed by atoms with Crippen molar-refractivity contribution in [1.29, 1.82) is 0 Å². The molecule has 0 bridgehead atoms. The van der Waals surface area contributed by atoms with Crippen LogP contribution < -0.4 is 15.1 Å². The number of imide groups is 1. The lowest BCUT2D eigenvalue weighted by atomic mass is 10.1. The minimum Gasteiger partial charge on any atom is -0.457 e. The molecule has 0 aliphatic carbocycles. The molecule has 0 spiro atoms. The topological polar surface area (TPSA) is 96.0 Å². The highest BCUT2D eigenvalue weighted by atomic mass is 16.5. The molecule has 4 amide bonds. The van der Waals surface area contributed by atoms with Gasteiger partial charge < -0.3 is 4.74 Å². The Hall–Kier alpha value is -4.46. The normalized spacial score (nSPS) is 15.2. The maximum absolute atomic E-state index is 13.1. The molecule has 0 radical (unpaired) electrons. The van der Waals surface area contributed by atoms with Crippen LogP contribution in [0.25, 0.3) is 0 Å². The van der Waals surface area contributed by atoms with Crippen LogP contribution in [-0.4, -0.2) is 34.7 Å². The number of hydrazine groups is 1. The number of ether oxygens (including phenoxy) is 1. The first-order chi connectivity index (χ1) is 16.4. The van der Waals surface area contributed by atoms with E-state index in [1.54, 1.807) is 48.5 Å². The van der Waals surface area contributed by atoms with Crippen LogP contribution in [0.1, 0.15) is 18.9 Å². The lowest BCUT2D eigenvalue weighted by molar-refractivity contribution is -0.145. The van der Waals surface area contributed by atoms with Gasteiger partial charge in [0.25, 0.3) is 5.91 Å². The monoisotopic (exact) mass is 457 g/mol. The fourth-order valence-electron chi connectivity index (χ4n) is 3.71. The van der Waals surface area contributed by atoms with E-state index in [0.29, 0.717) is 17.2 Å². The molecule has 1 aliphatic heterocycles. The van der Waals surface area contributed by atoms with Gasteiger partial charge >= 0.3 is 0 Å². The summed E-state index contributed by atoms with van der Waals surface area (Å²) in [6.07, 6.45) is -0.196. The van der Waals surface area contributed by atoms with Crippen molar-refractivity contribution >= 4 is 29.3 Å². The molecule has 1 fully saturated rings. The van der Waals surface area contributed by atoms with Gasteiger partial charge in [0.2, 0.25) is 17.7 Å². The van der Waals surface area contributed by atoms with Crippen molar-refractivity contribution in [3.8, 4) is 11.5 Å². The van der Waals surface area contributed by atoms with E-state index >= 15 is 0 Å². The van der Waals surface area contributed by atoms with Gasteiger partial charge in [0.1, 0.15) is 17.5 Å². The molecule has 1 atom stereocenters. The number of nitrogens with one attached hydrogen (secondary N) is 1. The molecular weight excluding hydrogens is 434 g/mol. The lowest BCUT2D eigenvalue weighted by Gasteiger charge is -2.26. The summed E-state index contributed by atoms with van der Waals surface area (Å²) in [7, 11) is 0. The Morgan fingerprint density at radius 1 is 0.912 bits per heavy atom. The summed E-state index contributed by atoms with van der Waals surface area (Å²) in [6.45, 7) is 1.24. The highest BCUT2D eigenvalue weighted by Gasteiger charge is 2.44. The first-order valence-corrected chi connectivity index (χ1v) is 10.8.